The van der Waals surface area contributed by atoms with E-state index in [0.717, 1.165) is 0 Å². The third-order valence-corrected chi connectivity index (χ3v) is 3.11. The monoisotopic (exact) mass is 267 g/mol. The predicted molar refractivity (Wildman–Crippen MR) is 69.2 cm³/mol. The minimum absolute atomic E-state index is 0.0677. The van der Waals surface area contributed by atoms with Gasteiger partial charge in [0.2, 0.25) is 0 Å². The summed E-state index contributed by atoms with van der Waals surface area (Å²) < 4.78 is 6.39. The second-order valence-electron chi connectivity index (χ2n) is 3.62. The largest absolute Gasteiger partial charge is 0.372 e. The van der Waals surface area contributed by atoms with Gasteiger partial charge in [-0.15, -0.1) is 11.3 Å². The lowest BCUT2D eigenvalue weighted by molar-refractivity contribution is -0.120. The second-order valence-corrected chi connectivity index (χ2v) is 4.49. The molecule has 0 fully saturated rings. The van der Waals surface area contributed by atoms with Gasteiger partial charge in [-0.2, -0.15) is 0 Å². The van der Waals surface area contributed by atoms with Crippen LogP contribution >= 0.6 is 11.3 Å². The Morgan fingerprint density at radius 1 is 1.61 bits per heavy atom. The molecule has 96 valence electrons. The van der Waals surface area contributed by atoms with Crippen LogP contribution in [0.5, 0.6) is 0 Å². The van der Waals surface area contributed by atoms with Crippen molar-refractivity contribution < 1.29 is 9.53 Å². The highest BCUT2D eigenvalue weighted by Crippen LogP contribution is 2.12. The number of hydrogen-bond donors (Lipinski definition) is 1. The zero-order valence-corrected chi connectivity index (χ0v) is 10.9. The van der Waals surface area contributed by atoms with Gasteiger partial charge in [-0.1, -0.05) is 0 Å². The lowest BCUT2D eigenvalue weighted by Crippen LogP contribution is -2.26. The van der Waals surface area contributed by atoms with E-state index in [4.69, 9.17) is 4.74 Å². The maximum absolute atomic E-state index is 12.1. The van der Waals surface area contributed by atoms with Crippen molar-refractivity contribution in [1.29, 1.82) is 0 Å². The van der Waals surface area contributed by atoms with Crippen molar-refractivity contribution in [2.45, 2.75) is 13.8 Å². The summed E-state index contributed by atoms with van der Waals surface area (Å²) in [6.45, 7) is 3.87. The number of aryl methyl sites for hydroxylation is 1. The fourth-order valence-electron chi connectivity index (χ4n) is 1.50. The zero-order valence-electron chi connectivity index (χ0n) is 10.1. The molecule has 18 heavy (non-hydrogen) atoms. The molecule has 0 aliphatic carbocycles. The van der Waals surface area contributed by atoms with Crippen LogP contribution in [-0.4, -0.2) is 28.5 Å². The van der Waals surface area contributed by atoms with Gasteiger partial charge >= 0.3 is 0 Å². The molecule has 0 aromatic carbocycles. The van der Waals surface area contributed by atoms with E-state index in [2.05, 4.69) is 10.3 Å². The molecular formula is C11H13N3O3S. The van der Waals surface area contributed by atoms with Crippen LogP contribution in [0.25, 0.3) is 4.96 Å². The second kappa shape index (κ2) is 5.28. The van der Waals surface area contributed by atoms with Gasteiger partial charge in [0, 0.05) is 18.2 Å². The van der Waals surface area contributed by atoms with E-state index in [1.54, 1.807) is 25.4 Å². The first-order chi connectivity index (χ1) is 8.63. The van der Waals surface area contributed by atoms with Gasteiger partial charge in [0.15, 0.2) is 4.96 Å². The number of ether oxygens (including phenoxy) is 1. The van der Waals surface area contributed by atoms with E-state index >= 15 is 0 Å². The first-order valence-corrected chi connectivity index (χ1v) is 6.35. The number of anilines is 1. The van der Waals surface area contributed by atoms with E-state index in [1.807, 2.05) is 0 Å². The molecule has 1 amide bonds. The van der Waals surface area contributed by atoms with Crippen LogP contribution in [0.4, 0.5) is 5.69 Å². The van der Waals surface area contributed by atoms with Crippen LogP contribution in [-0.2, 0) is 9.53 Å². The summed E-state index contributed by atoms with van der Waals surface area (Å²) in [5.74, 6) is -0.353. The highest BCUT2D eigenvalue weighted by molar-refractivity contribution is 7.15. The quantitative estimate of drug-likeness (QED) is 0.898. The highest BCUT2D eigenvalue weighted by atomic mass is 32.1. The minimum atomic E-state index is -0.353. The molecule has 0 aliphatic rings. The molecule has 2 aromatic heterocycles. The van der Waals surface area contributed by atoms with Gasteiger partial charge in [-0.05, 0) is 13.8 Å². The topological polar surface area (TPSA) is 72.7 Å². The van der Waals surface area contributed by atoms with Crippen LogP contribution in [0.3, 0.4) is 0 Å². The van der Waals surface area contributed by atoms with Crippen molar-refractivity contribution in [1.82, 2.24) is 9.38 Å². The van der Waals surface area contributed by atoms with Gasteiger partial charge in [0.25, 0.3) is 11.5 Å². The standard InChI is InChI=1S/C11H13N3O3S/c1-3-17-6-8(15)13-9-7(2)12-11-14(10(9)16)4-5-18-11/h4-5H,3,6H2,1-2H3,(H,13,15). The Hall–Kier alpha value is -1.73. The van der Waals surface area contributed by atoms with Crippen LogP contribution in [0, 0.1) is 6.92 Å². The summed E-state index contributed by atoms with van der Waals surface area (Å²) in [7, 11) is 0. The van der Waals surface area contributed by atoms with E-state index in [-0.39, 0.29) is 23.8 Å². The molecule has 0 saturated heterocycles. The zero-order chi connectivity index (χ0) is 13.1. The van der Waals surface area contributed by atoms with Crippen molar-refractivity contribution in [3.05, 3.63) is 27.6 Å². The fourth-order valence-corrected chi connectivity index (χ4v) is 2.25. The minimum Gasteiger partial charge on any atom is -0.372 e. The molecule has 7 heteroatoms. The summed E-state index contributed by atoms with van der Waals surface area (Å²) in [5.41, 5.74) is 0.437. The molecule has 0 aliphatic heterocycles. The van der Waals surface area contributed by atoms with E-state index in [1.165, 1.54) is 15.7 Å². The summed E-state index contributed by atoms with van der Waals surface area (Å²) in [6, 6.07) is 0. The number of thiazole rings is 1. The molecule has 0 bridgehead atoms. The van der Waals surface area contributed by atoms with Crippen molar-refractivity contribution in [2.75, 3.05) is 18.5 Å². The van der Waals surface area contributed by atoms with Crippen LogP contribution in [0.1, 0.15) is 12.6 Å². The number of hydrogen-bond acceptors (Lipinski definition) is 5. The number of rotatable bonds is 4. The number of nitrogens with zero attached hydrogens (tertiary/aromatic N) is 2. The van der Waals surface area contributed by atoms with Gasteiger partial charge in [0.1, 0.15) is 12.3 Å². The number of nitrogens with one attached hydrogen (secondary N) is 1. The maximum atomic E-state index is 12.1. The Balaban J connectivity index is 2.32. The molecule has 0 saturated carbocycles. The van der Waals surface area contributed by atoms with E-state index in [0.29, 0.717) is 17.3 Å². The molecule has 0 radical (unpaired) electrons. The summed E-state index contributed by atoms with van der Waals surface area (Å²) in [4.78, 5) is 28.5. The van der Waals surface area contributed by atoms with Crippen LogP contribution in [0.15, 0.2) is 16.4 Å². The normalized spacial score (nSPS) is 10.8. The Labute approximate surface area is 107 Å². The molecule has 1 N–H and O–H groups in total. The summed E-state index contributed by atoms with van der Waals surface area (Å²) >= 11 is 1.37. The van der Waals surface area contributed by atoms with Crippen molar-refractivity contribution in [3.63, 3.8) is 0 Å². The Bertz CT molecular complexity index is 632. The Morgan fingerprint density at radius 2 is 2.39 bits per heavy atom. The average molecular weight is 267 g/mol. The average Bonchev–Trinajstić information content (AvgIpc) is 2.80. The smallest absolute Gasteiger partial charge is 0.282 e. The number of amides is 1. The lowest BCUT2D eigenvalue weighted by Gasteiger charge is -2.07. The van der Waals surface area contributed by atoms with Crippen molar-refractivity contribution in [3.8, 4) is 0 Å². The SMILES string of the molecule is CCOCC(=O)Nc1c(C)nc2sccn2c1=O. The molecule has 0 unspecified atom stereocenters. The first-order valence-electron chi connectivity index (χ1n) is 5.47. The van der Waals surface area contributed by atoms with Crippen molar-refractivity contribution >= 4 is 27.9 Å². The molecule has 2 rings (SSSR count). The van der Waals surface area contributed by atoms with Crippen LogP contribution < -0.4 is 10.9 Å². The number of carbonyl (C=O) groups excluding carboxylic acids is 1. The van der Waals surface area contributed by atoms with Gasteiger partial charge in [-0.3, -0.25) is 14.0 Å². The summed E-state index contributed by atoms with van der Waals surface area (Å²) in [6.07, 6.45) is 1.63. The first kappa shape index (κ1) is 12.7. The third-order valence-electron chi connectivity index (χ3n) is 2.35. The van der Waals surface area contributed by atoms with Crippen molar-refractivity contribution in [2.24, 2.45) is 0 Å². The molecule has 6 nitrogen and oxygen atoms in total. The maximum Gasteiger partial charge on any atom is 0.282 e. The molecule has 2 aromatic rings. The summed E-state index contributed by atoms with van der Waals surface area (Å²) in [5, 5.41) is 4.31. The Kier molecular flexibility index (Phi) is 3.73. The van der Waals surface area contributed by atoms with Gasteiger partial charge in [0.05, 0.1) is 5.69 Å². The number of carbonyl (C=O) groups is 1. The highest BCUT2D eigenvalue weighted by Gasteiger charge is 2.13. The van der Waals surface area contributed by atoms with Gasteiger partial charge < -0.3 is 10.1 Å². The third kappa shape index (κ3) is 2.41. The van der Waals surface area contributed by atoms with Crippen LogP contribution in [0.2, 0.25) is 0 Å². The van der Waals surface area contributed by atoms with Gasteiger partial charge in [-0.25, -0.2) is 4.98 Å². The molecular weight excluding hydrogens is 254 g/mol. The number of aromatic nitrogens is 2. The van der Waals surface area contributed by atoms with E-state index in [9.17, 15) is 9.59 Å². The molecule has 0 spiro atoms. The molecule has 0 atom stereocenters. The lowest BCUT2D eigenvalue weighted by atomic mass is 10.3. The predicted octanol–water partition coefficient (Wildman–Crippen LogP) is 1.04. The Morgan fingerprint density at radius 3 is 3.11 bits per heavy atom. The van der Waals surface area contributed by atoms with E-state index < -0.39 is 0 Å². The fraction of sp³-hybridized carbons (Fsp3) is 0.364. The number of fused-ring (bicyclic) bond motifs is 1. The molecule has 2 heterocycles.